The van der Waals surface area contributed by atoms with E-state index in [9.17, 15) is 14.4 Å². The molecule has 1 fully saturated rings. The molecule has 0 unspecified atom stereocenters. The Labute approximate surface area is 221 Å². The van der Waals surface area contributed by atoms with Crippen LogP contribution in [0.3, 0.4) is 0 Å². The Bertz CT molecular complexity index is 1710. The SMILES string of the molecule is CCc1nc2ccc(-c3cnc(N4CC(=O)C4)nc3)cn2c1N(C)c1nc(-c2ccc(F)cc2)c(C#N)s1. The van der Waals surface area contributed by atoms with Crippen LogP contribution >= 0.6 is 11.3 Å². The van der Waals surface area contributed by atoms with Crippen molar-refractivity contribution in [3.63, 3.8) is 0 Å². The Hall–Kier alpha value is -4.69. The maximum absolute atomic E-state index is 13.5. The third-order valence-corrected chi connectivity index (χ3v) is 7.46. The molecule has 0 saturated carbocycles. The Morgan fingerprint density at radius 2 is 1.76 bits per heavy atom. The molecule has 1 aliphatic heterocycles. The second-order valence-corrected chi connectivity index (χ2v) is 9.88. The van der Waals surface area contributed by atoms with E-state index in [-0.39, 0.29) is 11.6 Å². The van der Waals surface area contributed by atoms with Crippen LogP contribution in [0.2, 0.25) is 0 Å². The number of ketones is 1. The summed E-state index contributed by atoms with van der Waals surface area (Å²) in [6.45, 7) is 2.74. The van der Waals surface area contributed by atoms with E-state index in [1.807, 2.05) is 46.5 Å². The van der Waals surface area contributed by atoms with E-state index >= 15 is 0 Å². The number of benzene rings is 1. The number of hydrogen-bond acceptors (Lipinski definition) is 9. The number of aromatic nitrogens is 5. The molecule has 4 aromatic heterocycles. The van der Waals surface area contributed by atoms with Crippen molar-refractivity contribution in [3.05, 3.63) is 71.4 Å². The first-order valence-electron chi connectivity index (χ1n) is 12.0. The zero-order valence-corrected chi connectivity index (χ0v) is 21.4. The first-order chi connectivity index (χ1) is 18.4. The average Bonchev–Trinajstić information content (AvgIpc) is 3.53. The summed E-state index contributed by atoms with van der Waals surface area (Å²) in [5, 5.41) is 10.4. The molecule has 0 N–H and O–H groups in total. The number of nitrogens with zero attached hydrogens (tertiary/aromatic N) is 8. The lowest BCUT2D eigenvalue weighted by molar-refractivity contribution is -0.119. The molecule has 0 radical (unpaired) electrons. The van der Waals surface area contributed by atoms with Crippen molar-refractivity contribution < 1.29 is 9.18 Å². The minimum Gasteiger partial charge on any atom is -0.326 e. The van der Waals surface area contributed by atoms with Crippen molar-refractivity contribution in [2.75, 3.05) is 29.9 Å². The fraction of sp³-hybridized carbons (Fsp3) is 0.185. The van der Waals surface area contributed by atoms with Gasteiger partial charge in [-0.2, -0.15) is 5.26 Å². The molecular weight excluding hydrogens is 503 g/mol. The molecule has 1 aromatic carbocycles. The number of pyridine rings is 1. The molecule has 11 heteroatoms. The van der Waals surface area contributed by atoms with Crippen LogP contribution in [0.5, 0.6) is 0 Å². The predicted octanol–water partition coefficient (Wildman–Crippen LogP) is 4.64. The lowest BCUT2D eigenvalue weighted by Crippen LogP contribution is -2.48. The Balaban J connectivity index is 1.38. The summed E-state index contributed by atoms with van der Waals surface area (Å²) in [7, 11) is 1.90. The van der Waals surface area contributed by atoms with Gasteiger partial charge < -0.3 is 9.80 Å². The number of carbonyl (C=O) groups excluding carboxylic acids is 1. The van der Waals surface area contributed by atoms with Gasteiger partial charge in [0.05, 0.1) is 18.8 Å². The van der Waals surface area contributed by atoms with Crippen molar-refractivity contribution in [2.24, 2.45) is 0 Å². The van der Waals surface area contributed by atoms with Crippen molar-refractivity contribution in [3.8, 4) is 28.5 Å². The van der Waals surface area contributed by atoms with E-state index in [0.717, 1.165) is 28.3 Å². The molecule has 1 aliphatic rings. The molecule has 0 amide bonds. The molecule has 38 heavy (non-hydrogen) atoms. The molecule has 0 bridgehead atoms. The lowest BCUT2D eigenvalue weighted by Gasteiger charge is -2.28. The third kappa shape index (κ3) is 4.05. The predicted molar refractivity (Wildman–Crippen MR) is 143 cm³/mol. The van der Waals surface area contributed by atoms with Crippen LogP contribution in [0.4, 0.5) is 21.3 Å². The van der Waals surface area contributed by atoms with Crippen molar-refractivity contribution in [2.45, 2.75) is 13.3 Å². The van der Waals surface area contributed by atoms with Gasteiger partial charge in [0.25, 0.3) is 0 Å². The molecular formula is C27H21FN8OS. The molecule has 0 spiro atoms. The van der Waals surface area contributed by atoms with E-state index in [2.05, 4.69) is 16.0 Å². The average molecular weight is 525 g/mol. The Kier molecular flexibility index (Phi) is 5.81. The van der Waals surface area contributed by atoms with Crippen LogP contribution in [0.1, 0.15) is 17.5 Å². The van der Waals surface area contributed by atoms with Gasteiger partial charge >= 0.3 is 0 Å². The van der Waals surface area contributed by atoms with Gasteiger partial charge in [0.15, 0.2) is 10.9 Å². The Morgan fingerprint density at radius 3 is 2.42 bits per heavy atom. The van der Waals surface area contributed by atoms with Crippen molar-refractivity contribution >= 4 is 39.7 Å². The monoisotopic (exact) mass is 524 g/mol. The fourth-order valence-electron chi connectivity index (χ4n) is 4.42. The first kappa shape index (κ1) is 23.7. The number of imidazole rings is 1. The van der Waals surface area contributed by atoms with Gasteiger partial charge in [-0.1, -0.05) is 18.3 Å². The van der Waals surface area contributed by atoms with Crippen molar-refractivity contribution in [1.82, 2.24) is 24.3 Å². The molecule has 5 aromatic rings. The summed E-state index contributed by atoms with van der Waals surface area (Å²) < 4.78 is 15.5. The minimum atomic E-state index is -0.343. The molecule has 0 aliphatic carbocycles. The molecule has 1 saturated heterocycles. The lowest BCUT2D eigenvalue weighted by atomic mass is 10.1. The van der Waals surface area contributed by atoms with E-state index in [0.29, 0.717) is 46.7 Å². The van der Waals surface area contributed by atoms with Gasteiger partial charge in [-0.15, -0.1) is 0 Å². The third-order valence-electron chi connectivity index (χ3n) is 6.43. The van der Waals surface area contributed by atoms with Crippen molar-refractivity contribution in [1.29, 1.82) is 5.26 Å². The number of nitriles is 1. The van der Waals surface area contributed by atoms with Gasteiger partial charge in [-0.3, -0.25) is 9.20 Å². The minimum absolute atomic E-state index is 0.179. The maximum atomic E-state index is 13.5. The van der Waals surface area contributed by atoms with Crippen LogP contribution in [0.15, 0.2) is 55.0 Å². The molecule has 9 nitrogen and oxygen atoms in total. The van der Waals surface area contributed by atoms with Crippen LogP contribution in [0, 0.1) is 17.1 Å². The maximum Gasteiger partial charge on any atom is 0.226 e. The van der Waals surface area contributed by atoms with Crippen LogP contribution in [-0.4, -0.2) is 50.3 Å². The van der Waals surface area contributed by atoms with Crippen LogP contribution < -0.4 is 9.80 Å². The summed E-state index contributed by atoms with van der Waals surface area (Å²) in [4.78, 5) is 33.9. The number of fused-ring (bicyclic) bond motifs is 1. The van der Waals surface area contributed by atoms with Crippen LogP contribution in [-0.2, 0) is 11.2 Å². The second-order valence-electron chi connectivity index (χ2n) is 8.90. The topological polar surface area (TPSA) is 103 Å². The quantitative estimate of drug-likeness (QED) is 0.316. The zero-order chi connectivity index (χ0) is 26.4. The number of Topliss-reactive ketones (excluding diaryl/α,β-unsaturated/α-hetero) is 1. The van der Waals surface area contributed by atoms with Gasteiger partial charge in [0.1, 0.15) is 33.9 Å². The number of halogens is 1. The highest BCUT2D eigenvalue weighted by atomic mass is 32.1. The van der Waals surface area contributed by atoms with Gasteiger partial charge in [0.2, 0.25) is 5.95 Å². The number of anilines is 3. The first-order valence-corrected chi connectivity index (χ1v) is 12.8. The summed E-state index contributed by atoms with van der Waals surface area (Å²) in [6.07, 6.45) is 6.19. The smallest absolute Gasteiger partial charge is 0.226 e. The number of thiazole rings is 1. The second kappa shape index (κ2) is 9.32. The summed E-state index contributed by atoms with van der Waals surface area (Å²) in [5.74, 6) is 1.22. The molecule has 5 heterocycles. The number of aryl methyl sites for hydroxylation is 1. The number of rotatable bonds is 6. The summed E-state index contributed by atoms with van der Waals surface area (Å²) in [5.41, 5.74) is 4.61. The number of carbonyl (C=O) groups is 1. The molecule has 0 atom stereocenters. The summed E-state index contributed by atoms with van der Waals surface area (Å²) >= 11 is 1.28. The highest BCUT2D eigenvalue weighted by molar-refractivity contribution is 7.16. The fourth-order valence-corrected chi connectivity index (χ4v) is 5.27. The highest BCUT2D eigenvalue weighted by Gasteiger charge is 2.26. The Morgan fingerprint density at radius 1 is 1.05 bits per heavy atom. The molecule has 6 rings (SSSR count). The van der Waals surface area contributed by atoms with E-state index in [1.165, 1.54) is 23.5 Å². The molecule has 188 valence electrons. The summed E-state index contributed by atoms with van der Waals surface area (Å²) in [6, 6.07) is 12.1. The van der Waals surface area contributed by atoms with Gasteiger partial charge in [-0.25, -0.2) is 24.3 Å². The van der Waals surface area contributed by atoms with Gasteiger partial charge in [-0.05, 0) is 42.8 Å². The van der Waals surface area contributed by atoms with E-state index in [1.54, 1.807) is 24.5 Å². The normalized spacial score (nSPS) is 13.0. The number of hydrogen-bond donors (Lipinski definition) is 0. The van der Waals surface area contributed by atoms with E-state index < -0.39 is 0 Å². The van der Waals surface area contributed by atoms with Crippen LogP contribution in [0.25, 0.3) is 28.0 Å². The standard InChI is InChI=1S/C27H21FN8OS/c1-3-21-25(34(2)27-33-24(22(10-29)38-27)16-4-7-19(28)8-5-16)36-13-17(6-9-23(36)32-21)18-11-30-26(31-12-18)35-14-20(37)15-35/h4-9,11-13H,3,14-15H2,1-2H3. The highest BCUT2D eigenvalue weighted by Crippen LogP contribution is 2.37. The van der Waals surface area contributed by atoms with Gasteiger partial charge in [0, 0.05) is 42.3 Å². The van der Waals surface area contributed by atoms with E-state index in [4.69, 9.17) is 9.97 Å². The zero-order valence-electron chi connectivity index (χ0n) is 20.6. The largest absolute Gasteiger partial charge is 0.326 e.